The van der Waals surface area contributed by atoms with Gasteiger partial charge >= 0.3 is 0 Å². The van der Waals surface area contributed by atoms with Gasteiger partial charge in [-0.25, -0.2) is 0 Å². The molecule has 0 spiro atoms. The number of hydrogen-bond donors (Lipinski definition) is 0. The minimum Gasteiger partial charge on any atom is -0.126 e. The molecule has 0 aromatic heterocycles. The zero-order valence-corrected chi connectivity index (χ0v) is 6.99. The second-order valence-electron chi connectivity index (χ2n) is 2.29. The number of allylic oxidation sites excluding steroid dienone is 2. The van der Waals surface area contributed by atoms with Gasteiger partial charge in [0.05, 0.1) is 0 Å². The van der Waals surface area contributed by atoms with Gasteiger partial charge in [-0.2, -0.15) is 0 Å². The fourth-order valence-corrected chi connectivity index (χ4v) is 0.654. The molecule has 0 aromatic rings. The summed E-state index contributed by atoms with van der Waals surface area (Å²) in [7, 11) is 0. The van der Waals surface area contributed by atoms with Crippen molar-refractivity contribution in [2.24, 2.45) is 5.92 Å². The first-order valence-electron chi connectivity index (χ1n) is 3.53. The molecule has 9 heavy (non-hydrogen) atoms. The normalized spacial score (nSPS) is 14.6. The fraction of sp³-hybridized carbons (Fsp3) is 0.750. The van der Waals surface area contributed by atoms with Gasteiger partial charge in [0.15, 0.2) is 0 Å². The highest BCUT2D eigenvalue weighted by molar-refractivity contribution is 6.17. The van der Waals surface area contributed by atoms with Crippen molar-refractivity contribution in [2.75, 3.05) is 5.88 Å². The number of halogens is 1. The maximum Gasteiger partial charge on any atom is 0.0258 e. The van der Waals surface area contributed by atoms with E-state index in [1.165, 1.54) is 6.42 Å². The molecule has 54 valence electrons. The van der Waals surface area contributed by atoms with Gasteiger partial charge in [-0.3, -0.25) is 0 Å². The smallest absolute Gasteiger partial charge is 0.0258 e. The van der Waals surface area contributed by atoms with E-state index in [1.807, 2.05) is 0 Å². The SMILES string of the molecule is CCC(C)/C=C/CCCl. The van der Waals surface area contributed by atoms with E-state index >= 15 is 0 Å². The van der Waals surface area contributed by atoms with Gasteiger partial charge in [0.2, 0.25) is 0 Å². The van der Waals surface area contributed by atoms with Crippen LogP contribution in [0.5, 0.6) is 0 Å². The van der Waals surface area contributed by atoms with Crippen LogP contribution in [0.25, 0.3) is 0 Å². The first kappa shape index (κ1) is 9.03. The Morgan fingerprint density at radius 1 is 1.56 bits per heavy atom. The molecule has 0 aliphatic rings. The van der Waals surface area contributed by atoms with Gasteiger partial charge in [0, 0.05) is 5.88 Å². The third-order valence-electron chi connectivity index (χ3n) is 1.38. The Kier molecular flexibility index (Phi) is 6.18. The Morgan fingerprint density at radius 2 is 2.22 bits per heavy atom. The molecule has 0 amide bonds. The van der Waals surface area contributed by atoms with Crippen LogP contribution in [0.3, 0.4) is 0 Å². The van der Waals surface area contributed by atoms with Crippen LogP contribution in [0, 0.1) is 5.92 Å². The standard InChI is InChI=1S/C8H15Cl/c1-3-8(2)6-4-5-7-9/h4,6,8H,3,5,7H2,1-2H3/b6-4+. The highest BCUT2D eigenvalue weighted by Gasteiger charge is 1.88. The number of alkyl halides is 1. The number of rotatable bonds is 4. The van der Waals surface area contributed by atoms with Crippen molar-refractivity contribution in [2.45, 2.75) is 26.7 Å². The molecular weight excluding hydrogens is 132 g/mol. The molecule has 0 saturated heterocycles. The molecule has 0 N–H and O–H groups in total. The minimum absolute atomic E-state index is 0.716. The van der Waals surface area contributed by atoms with Crippen molar-refractivity contribution in [3.8, 4) is 0 Å². The van der Waals surface area contributed by atoms with Gasteiger partial charge < -0.3 is 0 Å². The summed E-state index contributed by atoms with van der Waals surface area (Å²) in [5, 5.41) is 0. The van der Waals surface area contributed by atoms with Crippen molar-refractivity contribution >= 4 is 11.6 Å². The molecule has 0 bridgehead atoms. The summed E-state index contributed by atoms with van der Waals surface area (Å²) in [5.74, 6) is 1.46. The number of hydrogen-bond acceptors (Lipinski definition) is 0. The fourth-order valence-electron chi connectivity index (χ4n) is 0.528. The summed E-state index contributed by atoms with van der Waals surface area (Å²) in [4.78, 5) is 0. The maximum absolute atomic E-state index is 5.48. The molecule has 0 aromatic carbocycles. The van der Waals surface area contributed by atoms with Crippen LogP contribution in [-0.4, -0.2) is 5.88 Å². The van der Waals surface area contributed by atoms with Crippen LogP contribution in [-0.2, 0) is 0 Å². The third-order valence-corrected chi connectivity index (χ3v) is 1.60. The zero-order chi connectivity index (χ0) is 7.11. The molecule has 0 rings (SSSR count). The lowest BCUT2D eigenvalue weighted by Crippen LogP contribution is -1.83. The molecule has 0 saturated carbocycles. The van der Waals surface area contributed by atoms with Gasteiger partial charge in [0.25, 0.3) is 0 Å². The van der Waals surface area contributed by atoms with Crippen LogP contribution in [0.15, 0.2) is 12.2 Å². The first-order chi connectivity index (χ1) is 4.31. The lowest BCUT2D eigenvalue weighted by molar-refractivity contribution is 0.696. The molecular formula is C8H15Cl. The summed E-state index contributed by atoms with van der Waals surface area (Å²) < 4.78 is 0. The van der Waals surface area contributed by atoms with Crippen LogP contribution in [0.1, 0.15) is 26.7 Å². The van der Waals surface area contributed by atoms with Crippen molar-refractivity contribution in [3.05, 3.63) is 12.2 Å². The van der Waals surface area contributed by atoms with E-state index in [1.54, 1.807) is 0 Å². The summed E-state index contributed by atoms with van der Waals surface area (Å²) >= 11 is 5.48. The lowest BCUT2D eigenvalue weighted by atomic mass is 10.1. The molecule has 1 heteroatoms. The highest BCUT2D eigenvalue weighted by Crippen LogP contribution is 2.02. The van der Waals surface area contributed by atoms with Crippen molar-refractivity contribution < 1.29 is 0 Å². The summed E-state index contributed by atoms with van der Waals surface area (Å²) in [5.41, 5.74) is 0. The second-order valence-corrected chi connectivity index (χ2v) is 2.67. The van der Waals surface area contributed by atoms with E-state index in [4.69, 9.17) is 11.6 Å². The molecule has 0 nitrogen and oxygen atoms in total. The molecule has 0 fully saturated rings. The molecule has 1 atom stereocenters. The summed E-state index contributed by atoms with van der Waals surface area (Å²) in [6, 6.07) is 0. The lowest BCUT2D eigenvalue weighted by Gasteiger charge is -1.97. The van der Waals surface area contributed by atoms with Crippen LogP contribution < -0.4 is 0 Å². The topological polar surface area (TPSA) is 0 Å². The van der Waals surface area contributed by atoms with E-state index in [0.29, 0.717) is 5.92 Å². The summed E-state index contributed by atoms with van der Waals surface area (Å²) in [6.45, 7) is 4.40. The van der Waals surface area contributed by atoms with Crippen molar-refractivity contribution in [1.29, 1.82) is 0 Å². The van der Waals surface area contributed by atoms with Crippen molar-refractivity contribution in [1.82, 2.24) is 0 Å². The summed E-state index contributed by atoms with van der Waals surface area (Å²) in [6.07, 6.45) is 6.61. The Bertz CT molecular complexity index is 76.6. The monoisotopic (exact) mass is 146 g/mol. The van der Waals surface area contributed by atoms with Crippen LogP contribution in [0.4, 0.5) is 0 Å². The Hall–Kier alpha value is 0.0300. The van der Waals surface area contributed by atoms with Gasteiger partial charge in [-0.05, 0) is 12.3 Å². The average Bonchev–Trinajstić information content (AvgIpc) is 1.89. The van der Waals surface area contributed by atoms with Crippen LogP contribution in [0.2, 0.25) is 0 Å². The average molecular weight is 147 g/mol. The van der Waals surface area contributed by atoms with Gasteiger partial charge in [-0.1, -0.05) is 32.4 Å². The Morgan fingerprint density at radius 3 is 2.67 bits per heavy atom. The van der Waals surface area contributed by atoms with Crippen molar-refractivity contribution in [3.63, 3.8) is 0 Å². The molecule has 0 aliphatic heterocycles. The van der Waals surface area contributed by atoms with Gasteiger partial charge in [0.1, 0.15) is 0 Å². The van der Waals surface area contributed by atoms with E-state index in [9.17, 15) is 0 Å². The van der Waals surface area contributed by atoms with Crippen LogP contribution >= 0.6 is 11.6 Å². The zero-order valence-electron chi connectivity index (χ0n) is 6.23. The predicted molar refractivity (Wildman–Crippen MR) is 43.9 cm³/mol. The first-order valence-corrected chi connectivity index (χ1v) is 4.07. The predicted octanol–water partition coefficient (Wildman–Crippen LogP) is 3.22. The quantitative estimate of drug-likeness (QED) is 0.422. The Balaban J connectivity index is 3.20. The van der Waals surface area contributed by atoms with Gasteiger partial charge in [-0.15, -0.1) is 11.6 Å². The minimum atomic E-state index is 0.716. The maximum atomic E-state index is 5.48. The van der Waals surface area contributed by atoms with E-state index in [2.05, 4.69) is 26.0 Å². The second kappa shape index (κ2) is 6.15. The molecule has 1 unspecified atom stereocenters. The van der Waals surface area contributed by atoms with E-state index in [0.717, 1.165) is 12.3 Å². The third kappa shape index (κ3) is 5.91. The largest absolute Gasteiger partial charge is 0.126 e. The van der Waals surface area contributed by atoms with E-state index in [-0.39, 0.29) is 0 Å². The molecule has 0 radical (unpaired) electrons. The molecule has 0 heterocycles. The highest BCUT2D eigenvalue weighted by atomic mass is 35.5. The molecule has 0 aliphatic carbocycles. The Labute approximate surface area is 62.9 Å². The van der Waals surface area contributed by atoms with E-state index < -0.39 is 0 Å².